The summed E-state index contributed by atoms with van der Waals surface area (Å²) < 4.78 is 0. The highest BCUT2D eigenvalue weighted by Gasteiger charge is 2.43. The van der Waals surface area contributed by atoms with Crippen LogP contribution in [0.2, 0.25) is 0 Å². The van der Waals surface area contributed by atoms with Gasteiger partial charge in [0, 0.05) is 6.42 Å². The fourth-order valence-corrected chi connectivity index (χ4v) is 5.08. The first-order chi connectivity index (χ1) is 13.2. The number of carbonyl (C=O) groups is 1. The van der Waals surface area contributed by atoms with Gasteiger partial charge in [-0.05, 0) is 55.1 Å². The predicted octanol–water partition coefficient (Wildman–Crippen LogP) is 7.16. The molecule has 0 saturated heterocycles. The van der Waals surface area contributed by atoms with Crippen LogP contribution in [0.25, 0.3) is 5.57 Å². The van der Waals surface area contributed by atoms with Crippen LogP contribution >= 0.6 is 0 Å². The Labute approximate surface area is 165 Å². The molecule has 1 aromatic rings. The Morgan fingerprint density at radius 1 is 1.19 bits per heavy atom. The zero-order valence-electron chi connectivity index (χ0n) is 16.8. The van der Waals surface area contributed by atoms with E-state index in [1.807, 2.05) is 13.0 Å². The summed E-state index contributed by atoms with van der Waals surface area (Å²) in [5.41, 5.74) is 2.24. The third kappa shape index (κ3) is 4.51. The molecule has 0 radical (unpaired) electrons. The normalized spacial score (nSPS) is 27.8. The summed E-state index contributed by atoms with van der Waals surface area (Å²) in [6.45, 7) is 5.85. The van der Waals surface area contributed by atoms with Gasteiger partial charge in [-0.2, -0.15) is 0 Å². The average molecular weight is 363 g/mol. The van der Waals surface area contributed by atoms with Gasteiger partial charge in [0.05, 0.1) is 5.41 Å². The second-order valence-electron chi connectivity index (χ2n) is 8.32. The van der Waals surface area contributed by atoms with Crippen molar-refractivity contribution in [1.82, 2.24) is 0 Å². The van der Waals surface area contributed by atoms with E-state index in [2.05, 4.69) is 55.1 Å². The van der Waals surface area contributed by atoms with Crippen LogP contribution in [0.3, 0.4) is 0 Å². The van der Waals surface area contributed by atoms with Crippen LogP contribution in [-0.2, 0) is 4.79 Å². The molecular weight excluding hydrogens is 328 g/mol. The summed E-state index contributed by atoms with van der Waals surface area (Å²) in [4.78, 5) is 13.0. The van der Waals surface area contributed by atoms with E-state index in [1.54, 1.807) is 0 Å². The standard InChI is InChI=1S/C26H34O/c1-3-5-7-10-21-13-15-24(16-14-21)26(25(27)4-2)19-17-23(18-20-26)22-11-8-6-9-12-22/h3,6,8-9,11-12,17-19,21,24H,1,4-5,7,10,13-16,20H2,2H3/t21-,24-,26?. The quantitative estimate of drug-likeness (QED) is 0.354. The number of rotatable bonds is 8. The first kappa shape index (κ1) is 19.9. The number of hydrogen-bond acceptors (Lipinski definition) is 1. The number of carbonyl (C=O) groups excluding carboxylic acids is 1. The molecule has 2 aliphatic carbocycles. The van der Waals surface area contributed by atoms with Crippen molar-refractivity contribution in [2.24, 2.45) is 17.3 Å². The maximum Gasteiger partial charge on any atom is 0.143 e. The fraction of sp³-hybridized carbons (Fsp3) is 0.500. The first-order valence-electron chi connectivity index (χ1n) is 10.8. The lowest BCUT2D eigenvalue weighted by Crippen LogP contribution is -2.39. The molecule has 0 aromatic heterocycles. The number of ketones is 1. The van der Waals surface area contributed by atoms with Gasteiger partial charge < -0.3 is 0 Å². The van der Waals surface area contributed by atoms with E-state index in [1.165, 1.54) is 49.7 Å². The Morgan fingerprint density at radius 3 is 2.52 bits per heavy atom. The molecule has 1 atom stereocenters. The summed E-state index contributed by atoms with van der Waals surface area (Å²) in [5.74, 6) is 1.78. The van der Waals surface area contributed by atoms with Crippen LogP contribution < -0.4 is 0 Å². The molecule has 2 aliphatic rings. The lowest BCUT2D eigenvalue weighted by molar-refractivity contribution is -0.129. The van der Waals surface area contributed by atoms with Gasteiger partial charge in [-0.15, -0.1) is 6.58 Å². The molecule has 1 unspecified atom stereocenters. The third-order valence-electron chi connectivity index (χ3n) is 6.76. The van der Waals surface area contributed by atoms with Crippen LogP contribution in [0.15, 0.2) is 61.2 Å². The van der Waals surface area contributed by atoms with Gasteiger partial charge in [0.25, 0.3) is 0 Å². The van der Waals surface area contributed by atoms with Gasteiger partial charge in [-0.3, -0.25) is 4.79 Å². The lowest BCUT2D eigenvalue weighted by atomic mass is 9.61. The van der Waals surface area contributed by atoms with Crippen molar-refractivity contribution in [2.45, 2.75) is 64.7 Å². The van der Waals surface area contributed by atoms with Crippen molar-refractivity contribution in [3.05, 3.63) is 66.8 Å². The smallest absolute Gasteiger partial charge is 0.143 e. The lowest BCUT2D eigenvalue weighted by Gasteiger charge is -2.42. The van der Waals surface area contributed by atoms with Crippen LogP contribution in [0.4, 0.5) is 0 Å². The SMILES string of the molecule is C=CCCC[C@H]1CC[C@H](C2(C(=O)CC)C=CC(c3ccccc3)=CC2)CC1. The first-order valence-corrected chi connectivity index (χ1v) is 10.8. The number of benzene rings is 1. The van der Waals surface area contributed by atoms with Crippen LogP contribution in [0.1, 0.15) is 70.3 Å². The molecule has 1 heteroatoms. The molecule has 0 heterocycles. The average Bonchev–Trinajstić information content (AvgIpc) is 2.74. The van der Waals surface area contributed by atoms with Crippen molar-refractivity contribution in [2.75, 3.05) is 0 Å². The molecule has 144 valence electrons. The largest absolute Gasteiger partial charge is 0.299 e. The molecule has 0 aliphatic heterocycles. The Bertz CT molecular complexity index is 688. The van der Waals surface area contributed by atoms with Crippen molar-refractivity contribution >= 4 is 11.4 Å². The van der Waals surface area contributed by atoms with E-state index < -0.39 is 0 Å². The second kappa shape index (κ2) is 9.35. The highest BCUT2D eigenvalue weighted by Crippen LogP contribution is 2.48. The van der Waals surface area contributed by atoms with Gasteiger partial charge >= 0.3 is 0 Å². The van der Waals surface area contributed by atoms with Gasteiger partial charge in [-0.1, -0.05) is 80.8 Å². The Kier molecular flexibility index (Phi) is 6.88. The Balaban J connectivity index is 1.69. The van der Waals surface area contributed by atoms with E-state index in [4.69, 9.17) is 0 Å². The zero-order valence-corrected chi connectivity index (χ0v) is 16.8. The highest BCUT2D eigenvalue weighted by atomic mass is 16.1. The minimum atomic E-state index is -0.265. The van der Waals surface area contributed by atoms with Gasteiger partial charge in [0.15, 0.2) is 0 Å². The second-order valence-corrected chi connectivity index (χ2v) is 8.32. The molecule has 1 aromatic carbocycles. The topological polar surface area (TPSA) is 17.1 Å². The molecule has 1 saturated carbocycles. The number of allylic oxidation sites excluding steroid dienone is 5. The van der Waals surface area contributed by atoms with Crippen LogP contribution in [-0.4, -0.2) is 5.78 Å². The van der Waals surface area contributed by atoms with Crippen LogP contribution in [0.5, 0.6) is 0 Å². The third-order valence-corrected chi connectivity index (χ3v) is 6.76. The summed E-state index contributed by atoms with van der Waals surface area (Å²) >= 11 is 0. The molecule has 0 amide bonds. The number of unbranched alkanes of at least 4 members (excludes halogenated alkanes) is 1. The summed E-state index contributed by atoms with van der Waals surface area (Å²) in [6.07, 6.45) is 19.0. The molecule has 27 heavy (non-hydrogen) atoms. The van der Waals surface area contributed by atoms with Crippen molar-refractivity contribution < 1.29 is 4.79 Å². The molecule has 0 bridgehead atoms. The van der Waals surface area contributed by atoms with E-state index in [0.717, 1.165) is 18.8 Å². The maximum absolute atomic E-state index is 13.0. The molecule has 0 N–H and O–H groups in total. The number of hydrogen-bond donors (Lipinski definition) is 0. The molecule has 1 fully saturated rings. The summed E-state index contributed by atoms with van der Waals surface area (Å²) in [5, 5.41) is 0. The van der Waals surface area contributed by atoms with Gasteiger partial charge in [0.1, 0.15) is 5.78 Å². The maximum atomic E-state index is 13.0. The minimum Gasteiger partial charge on any atom is -0.299 e. The molecule has 0 spiro atoms. The van der Waals surface area contributed by atoms with Crippen molar-refractivity contribution in [3.8, 4) is 0 Å². The molecule has 1 nitrogen and oxygen atoms in total. The van der Waals surface area contributed by atoms with E-state index in [9.17, 15) is 4.79 Å². The highest BCUT2D eigenvalue weighted by molar-refractivity contribution is 5.89. The van der Waals surface area contributed by atoms with E-state index in [0.29, 0.717) is 18.1 Å². The summed E-state index contributed by atoms with van der Waals surface area (Å²) in [7, 11) is 0. The monoisotopic (exact) mass is 362 g/mol. The Hall–Kier alpha value is -1.89. The van der Waals surface area contributed by atoms with Gasteiger partial charge in [0.2, 0.25) is 0 Å². The summed E-state index contributed by atoms with van der Waals surface area (Å²) in [6, 6.07) is 10.5. The van der Waals surface area contributed by atoms with Crippen molar-refractivity contribution in [1.29, 1.82) is 0 Å². The van der Waals surface area contributed by atoms with E-state index >= 15 is 0 Å². The predicted molar refractivity (Wildman–Crippen MR) is 115 cm³/mol. The van der Waals surface area contributed by atoms with Gasteiger partial charge in [-0.25, -0.2) is 0 Å². The molecular formula is C26H34O. The van der Waals surface area contributed by atoms with Crippen LogP contribution in [0, 0.1) is 17.3 Å². The zero-order chi connectivity index (χ0) is 19.1. The van der Waals surface area contributed by atoms with E-state index in [-0.39, 0.29) is 5.41 Å². The molecule has 3 rings (SSSR count). The minimum absolute atomic E-state index is 0.265. The number of Topliss-reactive ketones (excluding diaryl/α,β-unsaturated/α-hetero) is 1. The Morgan fingerprint density at radius 2 is 1.93 bits per heavy atom. The van der Waals surface area contributed by atoms with Crippen molar-refractivity contribution in [3.63, 3.8) is 0 Å². The fourth-order valence-electron chi connectivity index (χ4n) is 5.08.